The zero-order valence-electron chi connectivity index (χ0n) is 15.8. The maximum atomic E-state index is 5.36. The van der Waals surface area contributed by atoms with Crippen LogP contribution in [0.25, 0.3) is 22.6 Å². The van der Waals surface area contributed by atoms with E-state index in [-0.39, 0.29) is 0 Å². The highest BCUT2D eigenvalue weighted by Gasteiger charge is 2.10. The summed E-state index contributed by atoms with van der Waals surface area (Å²) in [5.74, 6) is 1.73. The summed E-state index contributed by atoms with van der Waals surface area (Å²) in [7, 11) is 0. The fourth-order valence-corrected chi connectivity index (χ4v) is 3.38. The summed E-state index contributed by atoms with van der Waals surface area (Å²) in [6.07, 6.45) is 1.03. The van der Waals surface area contributed by atoms with Crippen LogP contribution in [-0.4, -0.2) is 20.3 Å². The van der Waals surface area contributed by atoms with E-state index in [1.165, 1.54) is 22.9 Å². The summed E-state index contributed by atoms with van der Waals surface area (Å²) in [6.45, 7) is 4.20. The van der Waals surface area contributed by atoms with Crippen LogP contribution in [0.1, 0.15) is 23.9 Å². The normalized spacial score (nSPS) is 10.9. The lowest BCUT2D eigenvalue weighted by Crippen LogP contribution is -1.91. The summed E-state index contributed by atoms with van der Waals surface area (Å²) < 4.78 is 5.36. The number of hydrogen-bond donors (Lipinski definition) is 0. The van der Waals surface area contributed by atoms with Crippen LogP contribution in [0.2, 0.25) is 0 Å². The molecule has 2 aromatic heterocycles. The number of nitrogens with zero attached hydrogens (tertiary/aromatic N) is 4. The number of hydrogen-bond acceptors (Lipinski definition) is 6. The summed E-state index contributed by atoms with van der Waals surface area (Å²) >= 11 is 1.52. The zero-order valence-corrected chi connectivity index (χ0v) is 16.6. The third-order valence-electron chi connectivity index (χ3n) is 4.42. The Balaban J connectivity index is 1.39. The molecule has 0 N–H and O–H groups in total. The summed E-state index contributed by atoms with van der Waals surface area (Å²) in [5.41, 5.74) is 5.40. The van der Waals surface area contributed by atoms with Gasteiger partial charge >= 0.3 is 0 Å². The fraction of sp³-hybridized carbons (Fsp3) is 0.182. The van der Waals surface area contributed by atoms with Gasteiger partial charge < -0.3 is 4.52 Å². The van der Waals surface area contributed by atoms with Gasteiger partial charge in [0.05, 0.1) is 11.4 Å². The van der Waals surface area contributed by atoms with Crippen LogP contribution in [0, 0.1) is 6.92 Å². The van der Waals surface area contributed by atoms with Gasteiger partial charge in [-0.25, -0.2) is 0 Å². The molecule has 5 nitrogen and oxygen atoms in total. The topological polar surface area (TPSA) is 64.7 Å². The first kappa shape index (κ1) is 18.4. The molecule has 6 heteroatoms. The van der Waals surface area contributed by atoms with Gasteiger partial charge in [0.25, 0.3) is 0 Å². The molecule has 0 amide bonds. The molecule has 4 aromatic rings. The number of aryl methyl sites for hydroxylation is 2. The lowest BCUT2D eigenvalue weighted by molar-refractivity contribution is 0.391. The molecule has 0 bridgehead atoms. The van der Waals surface area contributed by atoms with Gasteiger partial charge in [-0.15, -0.1) is 10.2 Å². The second-order valence-corrected chi connectivity index (χ2v) is 7.47. The number of benzene rings is 2. The Bertz CT molecular complexity index is 1040. The van der Waals surface area contributed by atoms with E-state index in [1.54, 1.807) is 0 Å². The first-order valence-corrected chi connectivity index (χ1v) is 10.2. The Morgan fingerprint density at radius 3 is 2.29 bits per heavy atom. The van der Waals surface area contributed by atoms with Crippen molar-refractivity contribution in [3.05, 3.63) is 77.7 Å². The lowest BCUT2D eigenvalue weighted by atomic mass is 10.1. The molecule has 0 aliphatic heterocycles. The third kappa shape index (κ3) is 4.28. The van der Waals surface area contributed by atoms with E-state index in [4.69, 9.17) is 4.52 Å². The van der Waals surface area contributed by atoms with Gasteiger partial charge in [-0.2, -0.15) is 4.98 Å². The monoisotopic (exact) mass is 388 g/mol. The highest BCUT2D eigenvalue weighted by Crippen LogP contribution is 2.24. The predicted octanol–water partition coefficient (Wildman–Crippen LogP) is 5.36. The first-order chi connectivity index (χ1) is 13.7. The van der Waals surface area contributed by atoms with Crippen molar-refractivity contribution in [2.75, 3.05) is 0 Å². The minimum absolute atomic E-state index is 0.554. The average molecular weight is 388 g/mol. The van der Waals surface area contributed by atoms with Crippen molar-refractivity contribution in [1.29, 1.82) is 0 Å². The maximum absolute atomic E-state index is 5.36. The van der Waals surface area contributed by atoms with Gasteiger partial charge in [0, 0.05) is 11.1 Å². The third-order valence-corrected chi connectivity index (χ3v) is 5.32. The van der Waals surface area contributed by atoms with Crippen LogP contribution in [0.15, 0.2) is 70.2 Å². The Kier molecular flexibility index (Phi) is 5.48. The van der Waals surface area contributed by atoms with Crippen molar-refractivity contribution < 1.29 is 4.52 Å². The van der Waals surface area contributed by atoms with Gasteiger partial charge in [0.2, 0.25) is 11.7 Å². The van der Waals surface area contributed by atoms with E-state index < -0.39 is 0 Å². The van der Waals surface area contributed by atoms with Crippen LogP contribution in [0.4, 0.5) is 0 Å². The highest BCUT2D eigenvalue weighted by atomic mass is 32.2. The lowest BCUT2D eigenvalue weighted by Gasteiger charge is -2.03. The second-order valence-electron chi connectivity index (χ2n) is 6.47. The number of aromatic nitrogens is 4. The van der Waals surface area contributed by atoms with Crippen molar-refractivity contribution >= 4 is 11.8 Å². The molecule has 28 heavy (non-hydrogen) atoms. The molecule has 2 heterocycles. The van der Waals surface area contributed by atoms with Crippen LogP contribution in [0.3, 0.4) is 0 Å². The van der Waals surface area contributed by atoms with E-state index in [1.807, 2.05) is 36.4 Å². The van der Waals surface area contributed by atoms with Gasteiger partial charge in [0.1, 0.15) is 5.03 Å². The molecule has 0 spiro atoms. The SMILES string of the molecule is CCc1ccc(-c2ccc(SCc3nc(-c4ccc(C)cc4)no3)nn2)cc1. The molecule has 4 rings (SSSR count). The first-order valence-electron chi connectivity index (χ1n) is 9.17. The summed E-state index contributed by atoms with van der Waals surface area (Å²) in [5, 5.41) is 13.5. The quantitative estimate of drug-likeness (QED) is 0.415. The fourth-order valence-electron chi connectivity index (χ4n) is 2.73. The maximum Gasteiger partial charge on any atom is 0.237 e. The van der Waals surface area contributed by atoms with E-state index in [0.29, 0.717) is 17.5 Å². The standard InChI is InChI=1S/C22H20N4OS/c1-3-16-6-10-17(11-7-16)19-12-13-21(25-24-19)28-14-20-23-22(26-27-20)18-8-4-15(2)5-9-18/h4-13H,3,14H2,1-2H3. The van der Waals surface area contributed by atoms with E-state index in [2.05, 4.69) is 58.5 Å². The molecule has 140 valence electrons. The summed E-state index contributed by atoms with van der Waals surface area (Å²) in [4.78, 5) is 4.46. The Labute approximate surface area is 168 Å². The molecule has 0 aliphatic rings. The van der Waals surface area contributed by atoms with Crippen molar-refractivity contribution in [1.82, 2.24) is 20.3 Å². The molecule has 0 fully saturated rings. The molecule has 2 aromatic carbocycles. The van der Waals surface area contributed by atoms with Crippen molar-refractivity contribution in [3.8, 4) is 22.6 Å². The van der Waals surface area contributed by atoms with E-state index in [0.717, 1.165) is 28.3 Å². The summed E-state index contributed by atoms with van der Waals surface area (Å²) in [6, 6.07) is 20.4. The molecule has 0 atom stereocenters. The van der Waals surface area contributed by atoms with Crippen molar-refractivity contribution in [2.45, 2.75) is 31.0 Å². The van der Waals surface area contributed by atoms with Crippen LogP contribution < -0.4 is 0 Å². The van der Waals surface area contributed by atoms with E-state index in [9.17, 15) is 0 Å². The van der Waals surface area contributed by atoms with Gasteiger partial charge in [-0.1, -0.05) is 77.9 Å². The second kappa shape index (κ2) is 8.35. The number of thioether (sulfide) groups is 1. The Hall–Kier alpha value is -2.99. The van der Waals surface area contributed by atoms with Crippen LogP contribution in [-0.2, 0) is 12.2 Å². The average Bonchev–Trinajstić information content (AvgIpc) is 3.22. The molecular formula is C22H20N4OS. The van der Waals surface area contributed by atoms with Gasteiger partial charge in [-0.05, 0) is 31.0 Å². The highest BCUT2D eigenvalue weighted by molar-refractivity contribution is 7.98. The molecule has 0 radical (unpaired) electrons. The van der Waals surface area contributed by atoms with Crippen LogP contribution >= 0.6 is 11.8 Å². The minimum Gasteiger partial charge on any atom is -0.338 e. The van der Waals surface area contributed by atoms with Crippen molar-refractivity contribution in [3.63, 3.8) is 0 Å². The van der Waals surface area contributed by atoms with Crippen molar-refractivity contribution in [2.24, 2.45) is 0 Å². The van der Waals surface area contributed by atoms with Crippen LogP contribution in [0.5, 0.6) is 0 Å². The van der Waals surface area contributed by atoms with Gasteiger partial charge in [-0.3, -0.25) is 0 Å². The minimum atomic E-state index is 0.554. The molecule has 0 aliphatic carbocycles. The Morgan fingerprint density at radius 2 is 1.61 bits per heavy atom. The van der Waals surface area contributed by atoms with E-state index >= 15 is 0 Å². The number of rotatable bonds is 6. The molecule has 0 saturated heterocycles. The molecule has 0 unspecified atom stereocenters. The Morgan fingerprint density at radius 1 is 0.857 bits per heavy atom. The smallest absolute Gasteiger partial charge is 0.237 e. The largest absolute Gasteiger partial charge is 0.338 e. The molecule has 0 saturated carbocycles. The molecular weight excluding hydrogens is 368 g/mol. The van der Waals surface area contributed by atoms with Gasteiger partial charge in [0.15, 0.2) is 0 Å². The zero-order chi connectivity index (χ0) is 19.3. The predicted molar refractivity (Wildman–Crippen MR) is 111 cm³/mol.